The second-order valence-electron chi connectivity index (χ2n) is 6.04. The molecule has 1 saturated carbocycles. The van der Waals surface area contributed by atoms with Gasteiger partial charge in [-0.1, -0.05) is 12.1 Å². The smallest absolute Gasteiger partial charge is 0.251 e. The molecule has 1 N–H and O–H groups in total. The van der Waals surface area contributed by atoms with Crippen LogP contribution in [0.3, 0.4) is 0 Å². The summed E-state index contributed by atoms with van der Waals surface area (Å²) in [6.07, 6.45) is 4.53. The van der Waals surface area contributed by atoms with E-state index in [0.29, 0.717) is 12.0 Å². The van der Waals surface area contributed by atoms with Gasteiger partial charge >= 0.3 is 0 Å². The zero-order valence-electron chi connectivity index (χ0n) is 12.4. The Morgan fingerprint density at radius 3 is 3.00 bits per heavy atom. The minimum atomic E-state index is -0.0161. The highest BCUT2D eigenvalue weighted by atomic mass is 35.5. The molecule has 2 aliphatic rings. The van der Waals surface area contributed by atoms with Gasteiger partial charge in [-0.05, 0) is 55.7 Å². The van der Waals surface area contributed by atoms with Crippen molar-refractivity contribution >= 4 is 17.5 Å². The number of amides is 1. The first-order valence-corrected chi connectivity index (χ1v) is 8.27. The van der Waals surface area contributed by atoms with Crippen LogP contribution in [0.25, 0.3) is 0 Å². The van der Waals surface area contributed by atoms with E-state index in [4.69, 9.17) is 16.3 Å². The van der Waals surface area contributed by atoms with Gasteiger partial charge in [0, 0.05) is 18.7 Å². The molecule has 3 rings (SSSR count). The number of fused-ring (bicyclic) bond motifs is 1. The van der Waals surface area contributed by atoms with Crippen molar-refractivity contribution in [3.8, 4) is 0 Å². The van der Waals surface area contributed by atoms with Gasteiger partial charge in [0.15, 0.2) is 0 Å². The van der Waals surface area contributed by atoms with Crippen molar-refractivity contribution < 1.29 is 9.53 Å². The summed E-state index contributed by atoms with van der Waals surface area (Å²) in [5.41, 5.74) is 2.99. The van der Waals surface area contributed by atoms with Crippen molar-refractivity contribution in [1.29, 1.82) is 0 Å². The molecule has 1 aliphatic carbocycles. The quantitative estimate of drug-likeness (QED) is 0.846. The molecule has 3 nitrogen and oxygen atoms in total. The first-order valence-electron chi connectivity index (χ1n) is 7.84. The third kappa shape index (κ3) is 3.24. The normalized spacial score (nSPS) is 25.7. The number of benzene rings is 1. The molecule has 1 amide bonds. The van der Waals surface area contributed by atoms with Crippen molar-refractivity contribution in [2.45, 2.75) is 44.1 Å². The third-order valence-corrected chi connectivity index (χ3v) is 4.99. The van der Waals surface area contributed by atoms with E-state index in [1.165, 1.54) is 0 Å². The van der Waals surface area contributed by atoms with E-state index in [2.05, 4.69) is 17.4 Å². The molecule has 4 heteroatoms. The molecule has 0 saturated heterocycles. The molecule has 1 aliphatic heterocycles. The number of hydrogen-bond acceptors (Lipinski definition) is 2. The second-order valence-corrected chi connectivity index (χ2v) is 6.57. The van der Waals surface area contributed by atoms with Crippen molar-refractivity contribution in [1.82, 2.24) is 5.32 Å². The van der Waals surface area contributed by atoms with Gasteiger partial charge in [0.05, 0.1) is 11.5 Å². The number of rotatable bonds is 5. The number of halogens is 1. The van der Waals surface area contributed by atoms with Crippen LogP contribution in [-0.4, -0.2) is 25.2 Å². The van der Waals surface area contributed by atoms with Gasteiger partial charge < -0.3 is 10.1 Å². The molecular formula is C17H22ClNO2. The average molecular weight is 308 g/mol. The van der Waals surface area contributed by atoms with Crippen LogP contribution < -0.4 is 5.32 Å². The van der Waals surface area contributed by atoms with E-state index >= 15 is 0 Å². The summed E-state index contributed by atoms with van der Waals surface area (Å²) in [4.78, 5) is 11.9. The summed E-state index contributed by atoms with van der Waals surface area (Å²) in [5, 5.41) is 2.87. The lowest BCUT2D eigenvalue weighted by atomic mass is 9.78. The molecule has 21 heavy (non-hydrogen) atoms. The lowest BCUT2D eigenvalue weighted by Crippen LogP contribution is -2.32. The van der Waals surface area contributed by atoms with Crippen LogP contribution in [-0.2, 0) is 11.2 Å². The second kappa shape index (κ2) is 6.37. The van der Waals surface area contributed by atoms with E-state index < -0.39 is 0 Å². The first-order chi connectivity index (χ1) is 10.2. The summed E-state index contributed by atoms with van der Waals surface area (Å²) >= 11 is 6.56. The maximum absolute atomic E-state index is 11.9. The van der Waals surface area contributed by atoms with Gasteiger partial charge in [-0.2, -0.15) is 0 Å². The monoisotopic (exact) mass is 307 g/mol. The molecule has 1 atom stereocenters. The van der Waals surface area contributed by atoms with E-state index in [9.17, 15) is 4.79 Å². The number of carbonyl (C=O) groups is 1. The van der Waals surface area contributed by atoms with Crippen LogP contribution in [0.4, 0.5) is 0 Å². The van der Waals surface area contributed by atoms with Crippen LogP contribution in [0.1, 0.15) is 53.0 Å². The molecule has 0 aromatic heterocycles. The minimum absolute atomic E-state index is 0.0161. The van der Waals surface area contributed by atoms with Crippen LogP contribution in [0.15, 0.2) is 18.2 Å². The van der Waals surface area contributed by atoms with Crippen molar-refractivity contribution in [2.24, 2.45) is 5.92 Å². The third-order valence-electron chi connectivity index (χ3n) is 4.56. The van der Waals surface area contributed by atoms with E-state index in [1.807, 2.05) is 13.0 Å². The van der Waals surface area contributed by atoms with Crippen LogP contribution in [0.2, 0.25) is 0 Å². The van der Waals surface area contributed by atoms with Gasteiger partial charge in [0.25, 0.3) is 5.91 Å². The Morgan fingerprint density at radius 2 is 2.24 bits per heavy atom. The Kier molecular flexibility index (Phi) is 4.51. The topological polar surface area (TPSA) is 38.3 Å². The number of nitrogens with one attached hydrogen (secondary N) is 1. The summed E-state index contributed by atoms with van der Waals surface area (Å²) in [5.74, 6) is 0.677. The standard InChI is InChI=1S/C17H22ClNO2/c1-2-21-14-7-11(8-14)9-16(18)13-4-3-12-5-6-19-17(20)15(12)10-13/h3-4,10-11,14,16H,2,5-9H2,1H3,(H,19,20). The van der Waals surface area contributed by atoms with Crippen LogP contribution in [0.5, 0.6) is 0 Å². The lowest BCUT2D eigenvalue weighted by Gasteiger charge is -2.36. The van der Waals surface area contributed by atoms with Gasteiger partial charge in [0.1, 0.15) is 0 Å². The highest BCUT2D eigenvalue weighted by Gasteiger charge is 2.31. The van der Waals surface area contributed by atoms with Gasteiger partial charge in [-0.15, -0.1) is 11.6 Å². The Labute approximate surface area is 131 Å². The number of carbonyl (C=O) groups excluding carboxylic acids is 1. The van der Waals surface area contributed by atoms with Gasteiger partial charge in [-0.3, -0.25) is 4.79 Å². The van der Waals surface area contributed by atoms with Gasteiger partial charge in [-0.25, -0.2) is 0 Å². The van der Waals surface area contributed by atoms with E-state index in [0.717, 1.165) is 55.5 Å². The molecule has 1 fully saturated rings. The highest BCUT2D eigenvalue weighted by Crippen LogP contribution is 2.39. The SMILES string of the molecule is CCOC1CC(CC(Cl)c2ccc3c(c2)C(=O)NCC3)C1. The summed E-state index contributed by atoms with van der Waals surface area (Å²) in [6, 6.07) is 6.11. The molecule has 0 bridgehead atoms. The molecule has 1 heterocycles. The average Bonchev–Trinajstić information content (AvgIpc) is 2.45. The van der Waals surface area contributed by atoms with Crippen molar-refractivity contribution in [3.63, 3.8) is 0 Å². The molecule has 1 aromatic carbocycles. The summed E-state index contributed by atoms with van der Waals surface area (Å²) < 4.78 is 5.59. The Morgan fingerprint density at radius 1 is 1.43 bits per heavy atom. The predicted molar refractivity (Wildman–Crippen MR) is 83.8 cm³/mol. The Bertz CT molecular complexity index is 526. The zero-order valence-corrected chi connectivity index (χ0v) is 13.2. The van der Waals surface area contributed by atoms with Crippen molar-refractivity contribution in [2.75, 3.05) is 13.2 Å². The highest BCUT2D eigenvalue weighted by molar-refractivity contribution is 6.20. The number of hydrogen-bond donors (Lipinski definition) is 1. The van der Waals surface area contributed by atoms with Gasteiger partial charge in [0.2, 0.25) is 0 Å². The van der Waals surface area contributed by atoms with E-state index in [1.54, 1.807) is 0 Å². The lowest BCUT2D eigenvalue weighted by molar-refractivity contribution is -0.0267. The maximum atomic E-state index is 11.9. The fourth-order valence-corrected chi connectivity index (χ4v) is 3.68. The fraction of sp³-hybridized carbons (Fsp3) is 0.588. The Balaban J connectivity index is 1.62. The molecule has 1 aromatic rings. The largest absolute Gasteiger partial charge is 0.378 e. The maximum Gasteiger partial charge on any atom is 0.251 e. The predicted octanol–water partition coefficient (Wildman–Crippen LogP) is 3.46. The fourth-order valence-electron chi connectivity index (χ4n) is 3.29. The molecule has 114 valence electrons. The summed E-state index contributed by atoms with van der Waals surface area (Å²) in [7, 11) is 0. The van der Waals surface area contributed by atoms with E-state index in [-0.39, 0.29) is 11.3 Å². The number of ether oxygens (including phenoxy) is 1. The molecule has 1 unspecified atom stereocenters. The zero-order chi connectivity index (χ0) is 14.8. The Hall–Kier alpha value is -1.06. The molecule has 0 radical (unpaired) electrons. The minimum Gasteiger partial charge on any atom is -0.378 e. The first kappa shape index (κ1) is 14.9. The molecule has 0 spiro atoms. The number of alkyl halides is 1. The summed E-state index contributed by atoms with van der Waals surface area (Å²) in [6.45, 7) is 3.56. The van der Waals surface area contributed by atoms with Crippen molar-refractivity contribution in [3.05, 3.63) is 34.9 Å². The van der Waals surface area contributed by atoms with Crippen LogP contribution in [0, 0.1) is 5.92 Å². The van der Waals surface area contributed by atoms with Crippen LogP contribution >= 0.6 is 11.6 Å². The molecular weight excluding hydrogens is 286 g/mol.